The highest BCUT2D eigenvalue weighted by atomic mass is 32.1. The highest BCUT2D eigenvalue weighted by Crippen LogP contribution is 2.31. The molecule has 0 bridgehead atoms. The number of nitrogens with zero attached hydrogens (tertiary/aromatic N) is 2. The largest absolute Gasteiger partial charge is 0.307 e. The minimum Gasteiger partial charge on any atom is -0.307 e. The molecule has 4 nitrogen and oxygen atoms in total. The Morgan fingerprint density at radius 2 is 2.04 bits per heavy atom. The number of hydrogen-bond donors (Lipinski definition) is 1. The molecule has 0 radical (unpaired) electrons. The van der Waals surface area contributed by atoms with Gasteiger partial charge < -0.3 is 5.32 Å². The number of aryl methyl sites for hydroxylation is 2. The molecule has 2 aromatic heterocycles. The molecule has 134 valence electrons. The van der Waals surface area contributed by atoms with Gasteiger partial charge in [0, 0.05) is 11.9 Å². The van der Waals surface area contributed by atoms with E-state index in [0.717, 1.165) is 39.2 Å². The zero-order valence-electron chi connectivity index (χ0n) is 14.9. The Morgan fingerprint density at radius 1 is 1.23 bits per heavy atom. The fraction of sp³-hybridized carbons (Fsp3) is 0.350. The third-order valence-electron chi connectivity index (χ3n) is 4.80. The predicted molar refractivity (Wildman–Crippen MR) is 107 cm³/mol. The minimum atomic E-state index is -0.0695. The third-order valence-corrected chi connectivity index (χ3v) is 6.75. The predicted octanol–water partition coefficient (Wildman–Crippen LogP) is 4.14. The van der Waals surface area contributed by atoms with Crippen molar-refractivity contribution in [1.82, 2.24) is 15.3 Å². The number of rotatable bonds is 5. The van der Waals surface area contributed by atoms with Crippen LogP contribution in [0.5, 0.6) is 0 Å². The molecule has 0 amide bonds. The first-order valence-electron chi connectivity index (χ1n) is 8.80. The maximum absolute atomic E-state index is 12.7. The lowest BCUT2D eigenvalue weighted by molar-refractivity contribution is -0.120. The Bertz CT molecular complexity index is 916. The SMILES string of the molecule is Cc1nc(C)c(-c2csc(CC(=O)[C@H]3C[C@@H](c4ccccc4)CN3)n2)s1. The van der Waals surface area contributed by atoms with Crippen LogP contribution in [0.1, 0.15) is 33.6 Å². The Hall–Kier alpha value is -1.89. The standard InChI is InChI=1S/C20H21N3OS2/c1-12-20(26-13(2)22-12)17-11-25-19(23-17)9-18(24)16-8-15(10-21-16)14-6-4-3-5-7-14/h3-7,11,15-16,21H,8-10H2,1-2H3/t15-,16-/m1/s1. The molecule has 4 rings (SSSR count). The van der Waals surface area contributed by atoms with E-state index >= 15 is 0 Å². The van der Waals surface area contributed by atoms with Crippen molar-refractivity contribution >= 4 is 28.5 Å². The van der Waals surface area contributed by atoms with E-state index in [0.29, 0.717) is 12.3 Å². The summed E-state index contributed by atoms with van der Waals surface area (Å²) >= 11 is 3.22. The zero-order valence-corrected chi connectivity index (χ0v) is 16.5. The number of benzene rings is 1. The van der Waals surface area contributed by atoms with E-state index in [-0.39, 0.29) is 11.8 Å². The van der Waals surface area contributed by atoms with Gasteiger partial charge in [-0.25, -0.2) is 9.97 Å². The second-order valence-corrected chi connectivity index (χ2v) is 8.87. The van der Waals surface area contributed by atoms with E-state index in [1.54, 1.807) is 22.7 Å². The second kappa shape index (κ2) is 7.39. The highest BCUT2D eigenvalue weighted by Gasteiger charge is 2.30. The van der Waals surface area contributed by atoms with Crippen molar-refractivity contribution in [2.45, 2.75) is 38.6 Å². The van der Waals surface area contributed by atoms with Crippen LogP contribution in [0.25, 0.3) is 10.6 Å². The number of hydrogen-bond acceptors (Lipinski definition) is 6. The molecule has 0 unspecified atom stereocenters. The topological polar surface area (TPSA) is 54.9 Å². The van der Waals surface area contributed by atoms with E-state index in [1.807, 2.05) is 25.3 Å². The van der Waals surface area contributed by atoms with Crippen molar-refractivity contribution in [3.8, 4) is 10.6 Å². The Kier molecular flexibility index (Phi) is 4.98. The number of Topliss-reactive ketones (excluding diaryl/α,β-unsaturated/α-hetero) is 1. The van der Waals surface area contributed by atoms with Crippen LogP contribution in [0.4, 0.5) is 0 Å². The summed E-state index contributed by atoms with van der Waals surface area (Å²) in [6, 6.07) is 10.4. The molecule has 1 aromatic carbocycles. The van der Waals surface area contributed by atoms with E-state index in [1.165, 1.54) is 5.56 Å². The molecule has 3 heterocycles. The minimum absolute atomic E-state index is 0.0695. The lowest BCUT2D eigenvalue weighted by Gasteiger charge is -2.09. The molecule has 2 atom stereocenters. The maximum atomic E-state index is 12.7. The second-order valence-electron chi connectivity index (χ2n) is 6.72. The van der Waals surface area contributed by atoms with Gasteiger partial charge in [0.2, 0.25) is 0 Å². The summed E-state index contributed by atoms with van der Waals surface area (Å²) in [5.41, 5.74) is 3.27. The first-order chi connectivity index (χ1) is 12.6. The van der Waals surface area contributed by atoms with Gasteiger partial charge in [0.25, 0.3) is 0 Å². The van der Waals surface area contributed by atoms with Gasteiger partial charge in [-0.1, -0.05) is 30.3 Å². The molecular formula is C20H21N3OS2. The van der Waals surface area contributed by atoms with E-state index in [2.05, 4.69) is 39.6 Å². The number of nitrogens with one attached hydrogen (secondary N) is 1. The van der Waals surface area contributed by atoms with Crippen molar-refractivity contribution in [2.75, 3.05) is 6.54 Å². The summed E-state index contributed by atoms with van der Waals surface area (Å²) in [6.45, 7) is 4.88. The maximum Gasteiger partial charge on any atom is 0.156 e. The normalized spacial score (nSPS) is 19.8. The molecule has 1 aliphatic heterocycles. The van der Waals surface area contributed by atoms with Gasteiger partial charge >= 0.3 is 0 Å². The van der Waals surface area contributed by atoms with Crippen molar-refractivity contribution < 1.29 is 4.79 Å². The number of aromatic nitrogens is 2. The van der Waals surface area contributed by atoms with Crippen LogP contribution in [0.2, 0.25) is 0 Å². The van der Waals surface area contributed by atoms with Crippen LogP contribution in [0, 0.1) is 13.8 Å². The molecule has 26 heavy (non-hydrogen) atoms. The van der Waals surface area contributed by atoms with Crippen LogP contribution < -0.4 is 5.32 Å². The summed E-state index contributed by atoms with van der Waals surface area (Å²) in [7, 11) is 0. The van der Waals surface area contributed by atoms with Gasteiger partial charge in [0.05, 0.1) is 33.7 Å². The molecule has 0 saturated carbocycles. The zero-order chi connectivity index (χ0) is 18.1. The molecule has 1 aliphatic rings. The van der Waals surface area contributed by atoms with Gasteiger partial charge in [-0.15, -0.1) is 22.7 Å². The Balaban J connectivity index is 1.41. The number of carbonyl (C=O) groups excluding carboxylic acids is 1. The summed E-state index contributed by atoms with van der Waals surface area (Å²) in [4.78, 5) is 23.0. The summed E-state index contributed by atoms with van der Waals surface area (Å²) in [6.07, 6.45) is 1.27. The fourth-order valence-corrected chi connectivity index (χ4v) is 5.25. The summed E-state index contributed by atoms with van der Waals surface area (Å²) in [5.74, 6) is 0.654. The molecule has 1 fully saturated rings. The lowest BCUT2D eigenvalue weighted by Crippen LogP contribution is -2.31. The first-order valence-corrected chi connectivity index (χ1v) is 10.5. The number of ketones is 1. The molecular weight excluding hydrogens is 362 g/mol. The van der Waals surface area contributed by atoms with Crippen LogP contribution >= 0.6 is 22.7 Å². The molecule has 1 saturated heterocycles. The van der Waals surface area contributed by atoms with E-state index < -0.39 is 0 Å². The van der Waals surface area contributed by atoms with Crippen LogP contribution in [-0.2, 0) is 11.2 Å². The smallest absolute Gasteiger partial charge is 0.156 e. The van der Waals surface area contributed by atoms with E-state index in [4.69, 9.17) is 0 Å². The van der Waals surface area contributed by atoms with E-state index in [9.17, 15) is 4.79 Å². The van der Waals surface area contributed by atoms with Gasteiger partial charge in [-0.05, 0) is 31.7 Å². The summed E-state index contributed by atoms with van der Waals surface area (Å²) < 4.78 is 0. The quantitative estimate of drug-likeness (QED) is 0.719. The van der Waals surface area contributed by atoms with Gasteiger partial charge in [0.1, 0.15) is 5.01 Å². The molecule has 6 heteroatoms. The highest BCUT2D eigenvalue weighted by molar-refractivity contribution is 7.16. The molecule has 3 aromatic rings. The van der Waals surface area contributed by atoms with Crippen LogP contribution in [0.15, 0.2) is 35.7 Å². The molecule has 1 N–H and O–H groups in total. The fourth-order valence-electron chi connectivity index (χ4n) is 3.50. The molecule has 0 aliphatic carbocycles. The average Bonchev–Trinajstić information content (AvgIpc) is 3.35. The van der Waals surface area contributed by atoms with Crippen LogP contribution in [0.3, 0.4) is 0 Å². The van der Waals surface area contributed by atoms with Crippen molar-refractivity contribution in [2.24, 2.45) is 0 Å². The lowest BCUT2D eigenvalue weighted by atomic mass is 9.95. The first kappa shape index (κ1) is 17.5. The third kappa shape index (κ3) is 3.63. The average molecular weight is 384 g/mol. The van der Waals surface area contributed by atoms with Gasteiger partial charge in [0.15, 0.2) is 5.78 Å². The number of thiazole rings is 2. The number of carbonyl (C=O) groups is 1. The monoisotopic (exact) mass is 383 g/mol. The molecule has 0 spiro atoms. The van der Waals surface area contributed by atoms with Crippen molar-refractivity contribution in [3.63, 3.8) is 0 Å². The Morgan fingerprint density at radius 3 is 2.77 bits per heavy atom. The Labute approximate surface area is 161 Å². The summed E-state index contributed by atoms with van der Waals surface area (Å²) in [5, 5.41) is 7.37. The van der Waals surface area contributed by atoms with Gasteiger partial charge in [-0.2, -0.15) is 0 Å². The van der Waals surface area contributed by atoms with Crippen LogP contribution in [-0.4, -0.2) is 28.3 Å². The van der Waals surface area contributed by atoms with Crippen molar-refractivity contribution in [1.29, 1.82) is 0 Å². The van der Waals surface area contributed by atoms with Gasteiger partial charge in [-0.3, -0.25) is 4.79 Å². The van der Waals surface area contributed by atoms with Crippen molar-refractivity contribution in [3.05, 3.63) is 57.0 Å².